The van der Waals surface area contributed by atoms with Gasteiger partial charge in [0.05, 0.1) is 0 Å². The lowest BCUT2D eigenvalue weighted by molar-refractivity contribution is -0.141. The zero-order chi connectivity index (χ0) is 17.3. The summed E-state index contributed by atoms with van der Waals surface area (Å²) in [6.45, 7) is 4.36. The lowest BCUT2D eigenvalue weighted by Gasteiger charge is -2.36. The molecule has 0 unspecified atom stereocenters. The van der Waals surface area contributed by atoms with Crippen molar-refractivity contribution in [1.29, 1.82) is 0 Å². The number of nitrogens with zero attached hydrogens (tertiary/aromatic N) is 5. The van der Waals surface area contributed by atoms with E-state index in [9.17, 15) is 13.2 Å². The van der Waals surface area contributed by atoms with Gasteiger partial charge in [0, 0.05) is 43.0 Å². The minimum absolute atomic E-state index is 0.116. The van der Waals surface area contributed by atoms with Gasteiger partial charge >= 0.3 is 6.18 Å². The number of aryl methyl sites for hydroxylation is 1. The van der Waals surface area contributed by atoms with Crippen LogP contribution < -0.4 is 9.80 Å². The standard InChI is InChI=1S/C15H15BrF3N5/c1-10-8-11(16)9-21-13(10)23-4-6-24(7-5-23)14-20-3-2-12(22-14)15(17,18)19/h2-3,8-9H,4-7H2,1H3. The van der Waals surface area contributed by atoms with Gasteiger partial charge in [-0.2, -0.15) is 13.2 Å². The monoisotopic (exact) mass is 401 g/mol. The second-order valence-corrected chi connectivity index (χ2v) is 6.42. The Hall–Kier alpha value is -1.90. The van der Waals surface area contributed by atoms with E-state index in [1.165, 1.54) is 0 Å². The summed E-state index contributed by atoms with van der Waals surface area (Å²) in [6.07, 6.45) is -1.57. The van der Waals surface area contributed by atoms with E-state index >= 15 is 0 Å². The predicted molar refractivity (Wildman–Crippen MR) is 88.1 cm³/mol. The van der Waals surface area contributed by atoms with Crippen molar-refractivity contribution in [3.63, 3.8) is 0 Å². The normalized spacial score (nSPS) is 15.7. The van der Waals surface area contributed by atoms with Crippen LogP contribution in [0.3, 0.4) is 0 Å². The zero-order valence-electron chi connectivity index (χ0n) is 12.9. The number of pyridine rings is 1. The first kappa shape index (κ1) is 16.9. The first-order valence-corrected chi connectivity index (χ1v) is 8.16. The summed E-state index contributed by atoms with van der Waals surface area (Å²) in [7, 11) is 0. The molecule has 0 atom stereocenters. The van der Waals surface area contributed by atoms with Gasteiger partial charge in [0.25, 0.3) is 0 Å². The zero-order valence-corrected chi connectivity index (χ0v) is 14.5. The summed E-state index contributed by atoms with van der Waals surface area (Å²) in [5.41, 5.74) is 0.133. The van der Waals surface area contributed by atoms with Crippen LogP contribution in [0, 0.1) is 6.92 Å². The molecular formula is C15H15BrF3N5. The van der Waals surface area contributed by atoms with Gasteiger partial charge in [-0.15, -0.1) is 0 Å². The number of anilines is 2. The molecule has 5 nitrogen and oxygen atoms in total. The van der Waals surface area contributed by atoms with Crippen molar-refractivity contribution >= 4 is 27.7 Å². The van der Waals surface area contributed by atoms with Crippen molar-refractivity contribution in [3.8, 4) is 0 Å². The van der Waals surface area contributed by atoms with Crippen LogP contribution in [0.5, 0.6) is 0 Å². The van der Waals surface area contributed by atoms with Gasteiger partial charge in [-0.1, -0.05) is 0 Å². The van der Waals surface area contributed by atoms with E-state index in [1.807, 2.05) is 13.0 Å². The first-order chi connectivity index (χ1) is 11.3. The second-order valence-electron chi connectivity index (χ2n) is 5.51. The van der Waals surface area contributed by atoms with Crippen LogP contribution in [0.2, 0.25) is 0 Å². The van der Waals surface area contributed by atoms with Gasteiger partial charge in [0.15, 0.2) is 0 Å². The highest BCUT2D eigenvalue weighted by Gasteiger charge is 2.33. The summed E-state index contributed by atoms with van der Waals surface area (Å²) in [4.78, 5) is 15.9. The lowest BCUT2D eigenvalue weighted by Crippen LogP contribution is -2.47. The number of hydrogen-bond acceptors (Lipinski definition) is 5. The molecule has 128 valence electrons. The molecule has 2 aromatic rings. The third kappa shape index (κ3) is 3.61. The number of rotatable bonds is 2. The van der Waals surface area contributed by atoms with Gasteiger partial charge < -0.3 is 9.80 Å². The van der Waals surface area contributed by atoms with Crippen molar-refractivity contribution in [1.82, 2.24) is 15.0 Å². The van der Waals surface area contributed by atoms with E-state index in [-0.39, 0.29) is 5.95 Å². The maximum atomic E-state index is 12.8. The van der Waals surface area contributed by atoms with Gasteiger partial charge in [-0.25, -0.2) is 15.0 Å². The molecule has 0 amide bonds. The molecule has 3 heterocycles. The van der Waals surface area contributed by atoms with Crippen LogP contribution >= 0.6 is 15.9 Å². The molecule has 1 aliphatic rings. The highest BCUT2D eigenvalue weighted by atomic mass is 79.9. The maximum absolute atomic E-state index is 12.8. The fourth-order valence-corrected chi connectivity index (χ4v) is 3.09. The predicted octanol–water partition coefficient (Wildman–Crippen LogP) is 3.29. The highest BCUT2D eigenvalue weighted by Crippen LogP contribution is 2.28. The summed E-state index contributed by atoms with van der Waals surface area (Å²) in [5, 5.41) is 0. The quantitative estimate of drug-likeness (QED) is 0.772. The molecular weight excluding hydrogens is 387 g/mol. The lowest BCUT2D eigenvalue weighted by atomic mass is 10.2. The van der Waals surface area contributed by atoms with Crippen molar-refractivity contribution in [2.24, 2.45) is 0 Å². The fourth-order valence-electron chi connectivity index (χ4n) is 2.64. The molecule has 0 saturated carbocycles. The van der Waals surface area contributed by atoms with Gasteiger partial charge in [0.2, 0.25) is 5.95 Å². The average Bonchev–Trinajstić information content (AvgIpc) is 2.54. The van der Waals surface area contributed by atoms with Crippen molar-refractivity contribution in [2.75, 3.05) is 36.0 Å². The minimum Gasteiger partial charge on any atom is -0.353 e. The van der Waals surface area contributed by atoms with E-state index in [4.69, 9.17) is 0 Å². The van der Waals surface area contributed by atoms with E-state index in [2.05, 4.69) is 35.8 Å². The molecule has 9 heteroatoms. The molecule has 0 aromatic carbocycles. The number of piperazine rings is 1. The highest BCUT2D eigenvalue weighted by molar-refractivity contribution is 9.10. The molecule has 1 fully saturated rings. The van der Waals surface area contributed by atoms with Crippen LogP contribution in [-0.4, -0.2) is 41.1 Å². The van der Waals surface area contributed by atoms with Crippen LogP contribution in [0.25, 0.3) is 0 Å². The molecule has 0 radical (unpaired) electrons. The Balaban J connectivity index is 1.71. The summed E-state index contributed by atoms with van der Waals surface area (Å²) < 4.78 is 39.2. The number of halogens is 4. The smallest absolute Gasteiger partial charge is 0.353 e. The van der Waals surface area contributed by atoms with E-state index in [0.29, 0.717) is 26.2 Å². The molecule has 2 aromatic heterocycles. The molecule has 1 aliphatic heterocycles. The average molecular weight is 402 g/mol. The fraction of sp³-hybridized carbons (Fsp3) is 0.400. The van der Waals surface area contributed by atoms with Crippen molar-refractivity contribution in [2.45, 2.75) is 13.1 Å². The molecule has 0 spiro atoms. The number of aromatic nitrogens is 3. The Morgan fingerprint density at radius 2 is 1.75 bits per heavy atom. The van der Waals surface area contributed by atoms with Gasteiger partial charge in [-0.05, 0) is 40.5 Å². The minimum atomic E-state index is -4.46. The molecule has 1 saturated heterocycles. The Kier molecular flexibility index (Phi) is 4.62. The van der Waals surface area contributed by atoms with Crippen LogP contribution in [0.1, 0.15) is 11.3 Å². The Bertz CT molecular complexity index is 729. The van der Waals surface area contributed by atoms with E-state index in [1.54, 1.807) is 11.1 Å². The van der Waals surface area contributed by atoms with Crippen LogP contribution in [-0.2, 0) is 6.18 Å². The third-order valence-corrected chi connectivity index (χ3v) is 4.25. The summed E-state index contributed by atoms with van der Waals surface area (Å²) in [6, 6.07) is 2.87. The summed E-state index contributed by atoms with van der Waals surface area (Å²) in [5.74, 6) is 1.01. The van der Waals surface area contributed by atoms with E-state index < -0.39 is 11.9 Å². The van der Waals surface area contributed by atoms with Crippen LogP contribution in [0.15, 0.2) is 29.0 Å². The Labute approximate surface area is 145 Å². The molecule has 0 aliphatic carbocycles. The summed E-state index contributed by atoms with van der Waals surface area (Å²) >= 11 is 3.39. The third-order valence-electron chi connectivity index (χ3n) is 3.81. The number of hydrogen-bond donors (Lipinski definition) is 0. The van der Waals surface area contributed by atoms with E-state index in [0.717, 1.165) is 28.1 Å². The maximum Gasteiger partial charge on any atom is 0.433 e. The molecule has 0 N–H and O–H groups in total. The molecule has 0 bridgehead atoms. The Morgan fingerprint density at radius 3 is 2.38 bits per heavy atom. The second kappa shape index (κ2) is 6.54. The van der Waals surface area contributed by atoms with Crippen molar-refractivity contribution in [3.05, 3.63) is 40.3 Å². The largest absolute Gasteiger partial charge is 0.433 e. The van der Waals surface area contributed by atoms with Crippen molar-refractivity contribution < 1.29 is 13.2 Å². The first-order valence-electron chi connectivity index (χ1n) is 7.37. The van der Waals surface area contributed by atoms with Crippen LogP contribution in [0.4, 0.5) is 24.9 Å². The molecule has 24 heavy (non-hydrogen) atoms. The number of alkyl halides is 3. The topological polar surface area (TPSA) is 45.2 Å². The SMILES string of the molecule is Cc1cc(Br)cnc1N1CCN(c2nccc(C(F)(F)F)n2)CC1. The molecule has 3 rings (SSSR count). The van der Waals surface area contributed by atoms with Gasteiger partial charge in [-0.3, -0.25) is 0 Å². The van der Waals surface area contributed by atoms with Gasteiger partial charge in [0.1, 0.15) is 11.5 Å². The Morgan fingerprint density at radius 1 is 1.08 bits per heavy atom.